The molecule has 1 N–H and O–H groups in total. The van der Waals surface area contributed by atoms with Crippen LogP contribution in [0.4, 0.5) is 0 Å². The Hall–Kier alpha value is -0.790. The van der Waals surface area contributed by atoms with Crippen molar-refractivity contribution in [3.05, 3.63) is 12.2 Å². The van der Waals surface area contributed by atoms with E-state index < -0.39 is 5.97 Å². The number of carbonyl (C=O) groups is 1. The van der Waals surface area contributed by atoms with Crippen molar-refractivity contribution in [2.24, 2.45) is 17.3 Å². The first-order valence-corrected chi connectivity index (χ1v) is 4.54. The van der Waals surface area contributed by atoms with Gasteiger partial charge in [-0.1, -0.05) is 19.1 Å². The van der Waals surface area contributed by atoms with Crippen molar-refractivity contribution in [1.82, 2.24) is 0 Å². The molecule has 3 rings (SSSR count). The van der Waals surface area contributed by atoms with Crippen molar-refractivity contribution in [2.45, 2.75) is 26.2 Å². The van der Waals surface area contributed by atoms with Crippen molar-refractivity contribution in [2.75, 3.05) is 0 Å². The summed E-state index contributed by atoms with van der Waals surface area (Å²) in [6.07, 6.45) is 7.39. The molecule has 2 heteroatoms. The first-order valence-electron chi connectivity index (χ1n) is 4.54. The zero-order valence-corrected chi connectivity index (χ0v) is 7.29. The highest BCUT2D eigenvalue weighted by Crippen LogP contribution is 2.49. The number of hydrogen-bond donors (Lipinski definition) is 1. The number of fused-ring (bicyclic) bond motifs is 2. The smallest absolute Gasteiger partial charge is 0.307 e. The lowest BCUT2D eigenvalue weighted by molar-refractivity contribution is -0.147. The summed E-state index contributed by atoms with van der Waals surface area (Å²) in [5.41, 5.74) is -0.0550. The lowest BCUT2D eigenvalue weighted by atomic mass is 9.60. The molecule has 1 fully saturated rings. The maximum absolute atomic E-state index is 10.9. The molecule has 0 saturated heterocycles. The molecule has 2 bridgehead atoms. The van der Waals surface area contributed by atoms with Crippen LogP contribution in [0.5, 0.6) is 0 Å². The van der Waals surface area contributed by atoms with Gasteiger partial charge in [-0.2, -0.15) is 0 Å². The van der Waals surface area contributed by atoms with Gasteiger partial charge in [0, 0.05) is 0 Å². The molecule has 66 valence electrons. The molecular weight excluding hydrogens is 152 g/mol. The Morgan fingerprint density at radius 1 is 1.67 bits per heavy atom. The van der Waals surface area contributed by atoms with Crippen LogP contribution in [0.15, 0.2) is 12.2 Å². The molecule has 0 aromatic heterocycles. The molecule has 0 radical (unpaired) electrons. The second kappa shape index (κ2) is 2.35. The van der Waals surface area contributed by atoms with Gasteiger partial charge in [0.2, 0.25) is 0 Å². The maximum atomic E-state index is 10.9. The van der Waals surface area contributed by atoms with Gasteiger partial charge in [-0.3, -0.25) is 4.79 Å². The molecule has 0 aromatic rings. The fraction of sp³-hybridized carbons (Fsp3) is 0.700. The predicted molar refractivity (Wildman–Crippen MR) is 45.7 cm³/mol. The van der Waals surface area contributed by atoms with Crippen LogP contribution in [-0.4, -0.2) is 11.1 Å². The summed E-state index contributed by atoms with van der Waals surface area (Å²) in [7, 11) is 0. The molecule has 0 aliphatic heterocycles. The summed E-state index contributed by atoms with van der Waals surface area (Å²) >= 11 is 0. The van der Waals surface area contributed by atoms with E-state index in [0.717, 1.165) is 12.8 Å². The second-order valence-corrected chi connectivity index (χ2v) is 4.29. The first kappa shape index (κ1) is 7.84. The van der Waals surface area contributed by atoms with E-state index in [1.807, 2.05) is 0 Å². The van der Waals surface area contributed by atoms with Crippen LogP contribution >= 0.6 is 0 Å². The topological polar surface area (TPSA) is 37.3 Å². The number of carboxylic acid groups (broad SMARTS) is 1. The largest absolute Gasteiger partial charge is 0.481 e. The Bertz CT molecular complexity index is 244. The molecule has 3 atom stereocenters. The maximum Gasteiger partial charge on any atom is 0.307 e. The summed E-state index contributed by atoms with van der Waals surface area (Å²) in [5, 5.41) is 8.99. The van der Waals surface area contributed by atoms with Crippen LogP contribution in [0.2, 0.25) is 0 Å². The Balaban J connectivity index is 2.30. The van der Waals surface area contributed by atoms with E-state index in [2.05, 4.69) is 19.1 Å². The highest BCUT2D eigenvalue weighted by atomic mass is 16.4. The summed E-state index contributed by atoms with van der Waals surface area (Å²) < 4.78 is 0. The third kappa shape index (κ3) is 0.977. The van der Waals surface area contributed by atoms with Gasteiger partial charge in [-0.25, -0.2) is 0 Å². The Morgan fingerprint density at radius 2 is 2.42 bits per heavy atom. The first-order chi connectivity index (χ1) is 5.62. The number of carboxylic acids is 1. The molecular formula is C10H14O2. The van der Waals surface area contributed by atoms with Gasteiger partial charge in [0.15, 0.2) is 0 Å². The van der Waals surface area contributed by atoms with E-state index in [9.17, 15) is 4.79 Å². The average molecular weight is 166 g/mol. The van der Waals surface area contributed by atoms with Crippen LogP contribution in [0.1, 0.15) is 26.2 Å². The standard InChI is InChI=1S/C10H14O2/c1-10-4-2-7(3-5-10)6-8(10)9(11)12/h2,4,7-8H,3,5-6H2,1H3,(H,11,12). The van der Waals surface area contributed by atoms with Crippen LogP contribution < -0.4 is 0 Å². The quantitative estimate of drug-likeness (QED) is 0.605. The summed E-state index contributed by atoms with van der Waals surface area (Å²) in [4.78, 5) is 10.9. The molecule has 12 heavy (non-hydrogen) atoms. The third-order valence-electron chi connectivity index (χ3n) is 3.44. The summed E-state index contributed by atoms with van der Waals surface area (Å²) in [6, 6.07) is 0. The van der Waals surface area contributed by atoms with Crippen LogP contribution in [0, 0.1) is 17.3 Å². The normalized spacial score (nSPS) is 44.8. The number of hydrogen-bond acceptors (Lipinski definition) is 1. The van der Waals surface area contributed by atoms with Crippen LogP contribution in [0.3, 0.4) is 0 Å². The fourth-order valence-corrected chi connectivity index (χ4v) is 2.47. The van der Waals surface area contributed by atoms with Crippen LogP contribution in [-0.2, 0) is 4.79 Å². The molecule has 2 nitrogen and oxygen atoms in total. The van der Waals surface area contributed by atoms with E-state index in [-0.39, 0.29) is 11.3 Å². The monoisotopic (exact) mass is 166 g/mol. The lowest BCUT2D eigenvalue weighted by Crippen LogP contribution is -2.40. The molecule has 0 heterocycles. The van der Waals surface area contributed by atoms with Gasteiger partial charge >= 0.3 is 5.97 Å². The van der Waals surface area contributed by atoms with Gasteiger partial charge in [0.25, 0.3) is 0 Å². The Labute approximate surface area is 72.3 Å². The molecule has 3 aliphatic carbocycles. The Morgan fingerprint density at radius 3 is 2.75 bits per heavy atom. The predicted octanol–water partition coefficient (Wildman–Crippen LogP) is 2.06. The van der Waals surface area contributed by atoms with E-state index in [4.69, 9.17) is 5.11 Å². The SMILES string of the molecule is CC12C=CC(CC1)CC2C(=O)O. The summed E-state index contributed by atoms with van der Waals surface area (Å²) in [5.74, 6) is -0.222. The number of aliphatic carboxylic acids is 1. The molecule has 0 aromatic carbocycles. The fourth-order valence-electron chi connectivity index (χ4n) is 2.47. The second-order valence-electron chi connectivity index (χ2n) is 4.29. The van der Waals surface area contributed by atoms with Gasteiger partial charge in [-0.15, -0.1) is 0 Å². The molecule has 3 aliphatic rings. The van der Waals surface area contributed by atoms with Crippen molar-refractivity contribution >= 4 is 5.97 Å². The van der Waals surface area contributed by atoms with E-state index in [0.29, 0.717) is 5.92 Å². The minimum absolute atomic E-state index is 0.0550. The van der Waals surface area contributed by atoms with E-state index >= 15 is 0 Å². The lowest BCUT2D eigenvalue weighted by Gasteiger charge is -2.44. The molecule has 3 unspecified atom stereocenters. The minimum Gasteiger partial charge on any atom is -0.481 e. The van der Waals surface area contributed by atoms with Gasteiger partial charge in [-0.05, 0) is 30.6 Å². The third-order valence-corrected chi connectivity index (χ3v) is 3.44. The highest BCUT2D eigenvalue weighted by molar-refractivity contribution is 5.72. The number of rotatable bonds is 1. The van der Waals surface area contributed by atoms with E-state index in [1.165, 1.54) is 6.42 Å². The van der Waals surface area contributed by atoms with Gasteiger partial charge in [0.1, 0.15) is 0 Å². The Kier molecular flexibility index (Phi) is 1.53. The van der Waals surface area contributed by atoms with Crippen molar-refractivity contribution in [3.8, 4) is 0 Å². The van der Waals surface area contributed by atoms with E-state index in [1.54, 1.807) is 0 Å². The van der Waals surface area contributed by atoms with Crippen molar-refractivity contribution in [1.29, 1.82) is 0 Å². The average Bonchev–Trinajstić information content (AvgIpc) is 2.04. The van der Waals surface area contributed by atoms with Crippen LogP contribution in [0.25, 0.3) is 0 Å². The van der Waals surface area contributed by atoms with Crippen molar-refractivity contribution in [3.63, 3.8) is 0 Å². The van der Waals surface area contributed by atoms with Gasteiger partial charge in [0.05, 0.1) is 5.92 Å². The highest BCUT2D eigenvalue weighted by Gasteiger charge is 2.44. The van der Waals surface area contributed by atoms with Gasteiger partial charge < -0.3 is 5.11 Å². The number of allylic oxidation sites excluding steroid dienone is 2. The molecule has 0 amide bonds. The summed E-state index contributed by atoms with van der Waals surface area (Å²) in [6.45, 7) is 2.07. The minimum atomic E-state index is -0.619. The molecule has 1 saturated carbocycles. The van der Waals surface area contributed by atoms with Crippen molar-refractivity contribution < 1.29 is 9.90 Å². The zero-order chi connectivity index (χ0) is 8.77. The zero-order valence-electron chi connectivity index (χ0n) is 7.29. The molecule has 0 spiro atoms.